The Morgan fingerprint density at radius 3 is 2.30 bits per heavy atom. The molecule has 14 heteroatoms. The second-order valence-corrected chi connectivity index (χ2v) is 9.98. The SMILES string of the molecule is Cn1c(=O)c(NS(=O)(=O)c2ccc([N+](=O)[O-])cc2)c(-c2cc(Cl)ccc2O)c2cc(C(F)(F)F)ccc21. The molecule has 3 aromatic carbocycles. The molecule has 0 unspecified atom stereocenters. The minimum absolute atomic E-state index is 0.0191. The highest BCUT2D eigenvalue weighted by molar-refractivity contribution is 7.92. The first-order valence-electron chi connectivity index (χ1n) is 10.2. The van der Waals surface area contributed by atoms with E-state index in [1.807, 2.05) is 0 Å². The zero-order chi connectivity index (χ0) is 27.3. The Morgan fingerprint density at radius 1 is 1.05 bits per heavy atom. The maximum Gasteiger partial charge on any atom is 0.416 e. The minimum Gasteiger partial charge on any atom is -0.507 e. The normalized spacial score (nSPS) is 12.0. The van der Waals surface area contributed by atoms with E-state index >= 15 is 0 Å². The van der Waals surface area contributed by atoms with Gasteiger partial charge in [0, 0.05) is 40.7 Å². The molecule has 0 aliphatic rings. The molecule has 0 saturated carbocycles. The number of aromatic nitrogens is 1. The van der Waals surface area contributed by atoms with E-state index in [2.05, 4.69) is 4.72 Å². The van der Waals surface area contributed by atoms with Crippen LogP contribution in [-0.4, -0.2) is 23.0 Å². The first-order valence-corrected chi connectivity index (χ1v) is 12.1. The monoisotopic (exact) mass is 553 g/mol. The number of hydrogen-bond donors (Lipinski definition) is 2. The van der Waals surface area contributed by atoms with E-state index < -0.39 is 48.6 Å². The number of nitro benzene ring substituents is 1. The number of nitro groups is 1. The molecule has 0 amide bonds. The molecule has 0 radical (unpaired) electrons. The lowest BCUT2D eigenvalue weighted by Gasteiger charge is -2.19. The number of halogens is 4. The number of anilines is 1. The largest absolute Gasteiger partial charge is 0.507 e. The van der Waals surface area contributed by atoms with Crippen LogP contribution in [0.3, 0.4) is 0 Å². The number of phenolic OH excluding ortho intramolecular Hbond substituents is 1. The fraction of sp³-hybridized carbons (Fsp3) is 0.0870. The molecule has 0 spiro atoms. The molecular formula is C23H15ClF3N3O6S. The lowest BCUT2D eigenvalue weighted by atomic mass is 9.97. The molecular weight excluding hydrogens is 539 g/mol. The highest BCUT2D eigenvalue weighted by Gasteiger charge is 2.32. The molecule has 9 nitrogen and oxygen atoms in total. The first-order chi connectivity index (χ1) is 17.2. The van der Waals surface area contributed by atoms with Crippen LogP contribution in [-0.2, 0) is 23.2 Å². The van der Waals surface area contributed by atoms with Gasteiger partial charge in [0.05, 0.1) is 20.9 Å². The Hall–Kier alpha value is -4.10. The topological polar surface area (TPSA) is 132 Å². The van der Waals surface area contributed by atoms with Gasteiger partial charge >= 0.3 is 6.18 Å². The van der Waals surface area contributed by atoms with Crippen LogP contribution in [0.4, 0.5) is 24.5 Å². The van der Waals surface area contributed by atoms with Crippen molar-refractivity contribution in [1.29, 1.82) is 0 Å². The van der Waals surface area contributed by atoms with Gasteiger partial charge in [-0.25, -0.2) is 8.42 Å². The summed E-state index contributed by atoms with van der Waals surface area (Å²) in [4.78, 5) is 23.0. The second-order valence-electron chi connectivity index (χ2n) is 7.86. The molecule has 0 atom stereocenters. The van der Waals surface area contributed by atoms with Gasteiger partial charge in [0.15, 0.2) is 0 Å². The molecule has 4 rings (SSSR count). The smallest absolute Gasteiger partial charge is 0.416 e. The van der Waals surface area contributed by atoms with Crippen LogP contribution in [0.2, 0.25) is 5.02 Å². The van der Waals surface area contributed by atoms with Crippen molar-refractivity contribution in [2.75, 3.05) is 4.72 Å². The van der Waals surface area contributed by atoms with Gasteiger partial charge in [0.25, 0.3) is 21.3 Å². The standard InChI is InChI=1S/C23H15ClF3N3O6S/c1-29-18-8-2-12(23(25,26)27)10-16(18)20(17-11-13(24)3-9-19(17)31)21(22(29)32)28-37(35,36)15-6-4-14(5-7-15)30(33)34/h2-11,28,31H,1H3. The van der Waals surface area contributed by atoms with Crippen LogP contribution < -0.4 is 10.3 Å². The van der Waals surface area contributed by atoms with Gasteiger partial charge in [0.2, 0.25) is 0 Å². The molecule has 0 fully saturated rings. The zero-order valence-electron chi connectivity index (χ0n) is 18.6. The number of nitrogens with zero attached hydrogens (tertiary/aromatic N) is 2. The van der Waals surface area contributed by atoms with E-state index in [1.165, 1.54) is 19.2 Å². The van der Waals surface area contributed by atoms with Crippen molar-refractivity contribution < 1.29 is 31.6 Å². The third kappa shape index (κ3) is 4.82. The minimum atomic E-state index is -4.77. The Balaban J connectivity index is 2.06. The summed E-state index contributed by atoms with van der Waals surface area (Å²) in [7, 11) is -3.34. The van der Waals surface area contributed by atoms with Crippen molar-refractivity contribution in [3.8, 4) is 16.9 Å². The number of phenols is 1. The van der Waals surface area contributed by atoms with Gasteiger partial charge in [0.1, 0.15) is 11.4 Å². The van der Waals surface area contributed by atoms with E-state index in [9.17, 15) is 41.6 Å². The van der Waals surface area contributed by atoms with E-state index in [-0.39, 0.29) is 32.7 Å². The van der Waals surface area contributed by atoms with E-state index in [0.29, 0.717) is 0 Å². The molecule has 37 heavy (non-hydrogen) atoms. The number of benzene rings is 3. The predicted octanol–water partition coefficient (Wildman–Crippen LogP) is 5.29. The van der Waals surface area contributed by atoms with Crippen molar-refractivity contribution in [2.24, 2.45) is 7.05 Å². The predicted molar refractivity (Wildman–Crippen MR) is 130 cm³/mol. The number of alkyl halides is 3. The zero-order valence-corrected chi connectivity index (χ0v) is 20.1. The Labute approximate surface area is 211 Å². The summed E-state index contributed by atoms with van der Waals surface area (Å²) in [6.45, 7) is 0. The molecule has 1 heterocycles. The number of nitrogens with one attached hydrogen (secondary N) is 1. The van der Waals surface area contributed by atoms with Crippen molar-refractivity contribution in [2.45, 2.75) is 11.1 Å². The Bertz CT molecular complexity index is 1740. The van der Waals surface area contributed by atoms with E-state index in [4.69, 9.17) is 11.6 Å². The maximum atomic E-state index is 13.6. The molecule has 4 aromatic rings. The summed E-state index contributed by atoms with van der Waals surface area (Å²) < 4.78 is 70.0. The fourth-order valence-electron chi connectivity index (χ4n) is 3.75. The molecule has 0 aliphatic carbocycles. The summed E-state index contributed by atoms with van der Waals surface area (Å²) in [6.07, 6.45) is -4.77. The molecule has 0 saturated heterocycles. The van der Waals surface area contributed by atoms with Crippen molar-refractivity contribution >= 4 is 43.9 Å². The number of fused-ring (bicyclic) bond motifs is 1. The first kappa shape index (κ1) is 26.0. The van der Waals surface area contributed by atoms with Crippen LogP contribution >= 0.6 is 11.6 Å². The van der Waals surface area contributed by atoms with Crippen LogP contribution in [0.5, 0.6) is 5.75 Å². The lowest BCUT2D eigenvalue weighted by Crippen LogP contribution is -2.26. The lowest BCUT2D eigenvalue weighted by molar-refractivity contribution is -0.384. The Morgan fingerprint density at radius 2 is 1.70 bits per heavy atom. The summed E-state index contributed by atoms with van der Waals surface area (Å²) in [5.41, 5.74) is -3.58. The number of aryl methyl sites for hydroxylation is 1. The Kier molecular flexibility index (Phi) is 6.38. The summed E-state index contributed by atoms with van der Waals surface area (Å²) in [5, 5.41) is 21.3. The number of sulfonamides is 1. The molecule has 0 aliphatic heterocycles. The molecule has 2 N–H and O–H groups in total. The van der Waals surface area contributed by atoms with Crippen LogP contribution in [0.1, 0.15) is 5.56 Å². The fourth-order valence-corrected chi connectivity index (χ4v) is 4.99. The van der Waals surface area contributed by atoms with Crippen molar-refractivity contribution in [3.05, 3.63) is 91.7 Å². The molecule has 0 bridgehead atoms. The quantitative estimate of drug-likeness (QED) is 0.255. The average molecular weight is 554 g/mol. The highest BCUT2D eigenvalue weighted by atomic mass is 35.5. The molecule has 192 valence electrons. The van der Waals surface area contributed by atoms with E-state index in [1.54, 1.807) is 0 Å². The summed E-state index contributed by atoms with van der Waals surface area (Å²) in [5.74, 6) is -0.479. The maximum absolute atomic E-state index is 13.6. The van der Waals surface area contributed by atoms with Gasteiger partial charge < -0.3 is 9.67 Å². The number of aromatic hydroxyl groups is 1. The van der Waals surface area contributed by atoms with Crippen LogP contribution in [0.15, 0.2) is 70.4 Å². The third-order valence-electron chi connectivity index (χ3n) is 5.55. The second kappa shape index (κ2) is 9.09. The van der Waals surface area contributed by atoms with Gasteiger partial charge in [-0.3, -0.25) is 19.6 Å². The number of hydrogen-bond acceptors (Lipinski definition) is 6. The van der Waals surface area contributed by atoms with Crippen molar-refractivity contribution in [3.63, 3.8) is 0 Å². The van der Waals surface area contributed by atoms with Crippen LogP contribution in [0, 0.1) is 10.1 Å². The average Bonchev–Trinajstić information content (AvgIpc) is 2.83. The van der Waals surface area contributed by atoms with E-state index in [0.717, 1.165) is 53.1 Å². The van der Waals surface area contributed by atoms with Gasteiger partial charge in [-0.2, -0.15) is 13.2 Å². The number of pyridine rings is 1. The van der Waals surface area contributed by atoms with Gasteiger partial charge in [-0.05, 0) is 48.5 Å². The molecule has 1 aromatic heterocycles. The summed E-state index contributed by atoms with van der Waals surface area (Å²) in [6, 6.07) is 9.91. The highest BCUT2D eigenvalue weighted by Crippen LogP contribution is 2.42. The van der Waals surface area contributed by atoms with Crippen LogP contribution in [0.25, 0.3) is 22.0 Å². The van der Waals surface area contributed by atoms with Gasteiger partial charge in [-0.1, -0.05) is 11.6 Å². The number of rotatable bonds is 5. The number of non-ortho nitro benzene ring substituents is 1. The summed E-state index contributed by atoms with van der Waals surface area (Å²) >= 11 is 6.05. The third-order valence-corrected chi connectivity index (χ3v) is 7.15. The van der Waals surface area contributed by atoms with Gasteiger partial charge in [-0.15, -0.1) is 0 Å². The van der Waals surface area contributed by atoms with Crippen molar-refractivity contribution in [1.82, 2.24) is 4.57 Å².